The first-order valence-electron chi connectivity index (χ1n) is 10.3. The highest BCUT2D eigenvalue weighted by atomic mass is 127. The van der Waals surface area contributed by atoms with Crippen LogP contribution in [0.4, 0.5) is 18.0 Å². The van der Waals surface area contributed by atoms with Crippen LogP contribution in [0, 0.1) is 3.70 Å². The first-order chi connectivity index (χ1) is 14.4. The molecule has 5 nitrogen and oxygen atoms in total. The number of carbonyl (C=O) groups is 1. The molecule has 0 aliphatic carbocycles. The first kappa shape index (κ1) is 23.9. The van der Waals surface area contributed by atoms with E-state index < -0.39 is 17.3 Å². The Morgan fingerprint density at radius 2 is 1.84 bits per heavy atom. The molecule has 0 fully saturated rings. The molecule has 1 atom stereocenters. The van der Waals surface area contributed by atoms with E-state index in [1.807, 2.05) is 27.7 Å². The van der Waals surface area contributed by atoms with Crippen molar-refractivity contribution in [3.63, 3.8) is 0 Å². The number of nitrogens with zero attached hydrogens (tertiary/aromatic N) is 3. The fourth-order valence-electron chi connectivity index (χ4n) is 3.82. The summed E-state index contributed by atoms with van der Waals surface area (Å²) in [7, 11) is 0. The number of hydrogen-bond acceptors (Lipinski definition) is 3. The number of amides is 1. The summed E-state index contributed by atoms with van der Waals surface area (Å²) >= 11 is 2.20. The fourth-order valence-corrected chi connectivity index (χ4v) is 4.75. The summed E-state index contributed by atoms with van der Waals surface area (Å²) in [4.78, 5) is 19.3. The van der Waals surface area contributed by atoms with E-state index in [9.17, 15) is 18.0 Å². The van der Waals surface area contributed by atoms with Gasteiger partial charge in [-0.15, -0.1) is 0 Å². The molecule has 2 heterocycles. The summed E-state index contributed by atoms with van der Waals surface area (Å²) in [6.07, 6.45) is -2.85. The molecular formula is C22H27F3IN3O2. The second-order valence-electron chi connectivity index (χ2n) is 8.63. The predicted octanol–water partition coefficient (Wildman–Crippen LogP) is 5.99. The number of benzene rings is 1. The standard InChI is InChI=1S/C22H27F3IN3O2/c1-5-17-27-19(26)18-16(11-8-14-6-9-15(10-7-14)22(23,24)25)28(12-13-29(17)18)20(30)31-21(2,3)4/h6-7,9-10,16H,5,8,11-13H2,1-4H3/t16-/m0/s1. The van der Waals surface area contributed by atoms with Crippen molar-refractivity contribution in [3.8, 4) is 0 Å². The average molecular weight is 549 g/mol. The molecule has 3 rings (SSSR count). The Morgan fingerprint density at radius 3 is 2.39 bits per heavy atom. The number of rotatable bonds is 4. The van der Waals surface area contributed by atoms with E-state index in [4.69, 9.17) is 4.74 Å². The molecule has 0 radical (unpaired) electrons. The van der Waals surface area contributed by atoms with Gasteiger partial charge in [-0.05, 0) is 73.9 Å². The molecule has 1 amide bonds. The number of ether oxygens (including phenoxy) is 1. The molecule has 0 saturated carbocycles. The van der Waals surface area contributed by atoms with Crippen molar-refractivity contribution in [3.05, 3.63) is 50.6 Å². The molecule has 0 bridgehead atoms. The van der Waals surface area contributed by atoms with Crippen LogP contribution in [0.1, 0.15) is 62.8 Å². The first-order valence-corrected chi connectivity index (χ1v) is 11.4. The summed E-state index contributed by atoms with van der Waals surface area (Å²) < 4.78 is 47.2. The average Bonchev–Trinajstić information content (AvgIpc) is 3.00. The van der Waals surface area contributed by atoms with Crippen molar-refractivity contribution in [2.24, 2.45) is 0 Å². The van der Waals surface area contributed by atoms with Gasteiger partial charge in [0.05, 0.1) is 17.3 Å². The minimum Gasteiger partial charge on any atom is -0.444 e. The zero-order valence-electron chi connectivity index (χ0n) is 18.1. The van der Waals surface area contributed by atoms with Crippen molar-refractivity contribution in [1.29, 1.82) is 0 Å². The van der Waals surface area contributed by atoms with Gasteiger partial charge in [0.25, 0.3) is 0 Å². The largest absolute Gasteiger partial charge is 0.444 e. The lowest BCUT2D eigenvalue weighted by molar-refractivity contribution is -0.137. The van der Waals surface area contributed by atoms with E-state index in [1.54, 1.807) is 4.90 Å². The number of aryl methyl sites for hydroxylation is 2. The summed E-state index contributed by atoms with van der Waals surface area (Å²) in [5, 5.41) is 0. The third-order valence-corrected chi connectivity index (χ3v) is 6.02. The van der Waals surface area contributed by atoms with E-state index >= 15 is 0 Å². The molecule has 1 aromatic heterocycles. The maximum Gasteiger partial charge on any atom is 0.416 e. The summed E-state index contributed by atoms with van der Waals surface area (Å²) in [6.45, 7) is 8.67. The highest BCUT2D eigenvalue weighted by Gasteiger charge is 2.37. The predicted molar refractivity (Wildman–Crippen MR) is 120 cm³/mol. The summed E-state index contributed by atoms with van der Waals surface area (Å²) in [5.41, 5.74) is 0.486. The van der Waals surface area contributed by atoms with E-state index in [2.05, 4.69) is 32.1 Å². The van der Waals surface area contributed by atoms with Gasteiger partial charge in [-0.3, -0.25) is 4.90 Å². The molecule has 9 heteroatoms. The molecule has 1 aliphatic heterocycles. The van der Waals surface area contributed by atoms with Crippen molar-refractivity contribution in [2.75, 3.05) is 6.54 Å². The van der Waals surface area contributed by atoms with Crippen LogP contribution in [0.15, 0.2) is 24.3 Å². The smallest absolute Gasteiger partial charge is 0.416 e. The lowest BCUT2D eigenvalue weighted by Crippen LogP contribution is -2.45. The zero-order chi connectivity index (χ0) is 23.0. The number of halogens is 4. The molecule has 2 aromatic rings. The zero-order valence-corrected chi connectivity index (χ0v) is 20.2. The van der Waals surface area contributed by atoms with Crippen molar-refractivity contribution < 1.29 is 22.7 Å². The number of imidazole rings is 1. The highest BCUT2D eigenvalue weighted by molar-refractivity contribution is 14.1. The maximum absolute atomic E-state index is 12.9. The number of fused-ring (bicyclic) bond motifs is 1. The van der Waals surface area contributed by atoms with Crippen LogP contribution in [0.3, 0.4) is 0 Å². The maximum atomic E-state index is 12.9. The third kappa shape index (κ3) is 5.53. The molecular weight excluding hydrogens is 522 g/mol. The van der Waals surface area contributed by atoms with Crippen molar-refractivity contribution in [1.82, 2.24) is 14.5 Å². The van der Waals surface area contributed by atoms with Crippen LogP contribution in [0.5, 0.6) is 0 Å². The highest BCUT2D eigenvalue weighted by Crippen LogP contribution is 2.35. The molecule has 0 spiro atoms. The van der Waals surface area contributed by atoms with E-state index in [0.29, 0.717) is 25.9 Å². The Kier molecular flexibility index (Phi) is 6.93. The van der Waals surface area contributed by atoms with Gasteiger partial charge in [0.2, 0.25) is 0 Å². The van der Waals surface area contributed by atoms with Gasteiger partial charge < -0.3 is 9.30 Å². The van der Waals surface area contributed by atoms with Crippen molar-refractivity contribution in [2.45, 2.75) is 71.3 Å². The quantitative estimate of drug-likeness (QED) is 0.440. The minimum atomic E-state index is -4.35. The molecule has 170 valence electrons. The van der Waals surface area contributed by atoms with Crippen LogP contribution in [0.25, 0.3) is 0 Å². The number of alkyl halides is 3. The lowest BCUT2D eigenvalue weighted by Gasteiger charge is -2.38. The van der Waals surface area contributed by atoms with Crippen LogP contribution in [-0.4, -0.2) is 32.7 Å². The Hall–Kier alpha value is -1.78. The Labute approximate surface area is 194 Å². The van der Waals surface area contributed by atoms with Gasteiger partial charge in [0.15, 0.2) is 0 Å². The topological polar surface area (TPSA) is 47.4 Å². The second kappa shape index (κ2) is 8.99. The molecule has 0 saturated heterocycles. The molecule has 0 unspecified atom stereocenters. The van der Waals surface area contributed by atoms with E-state index in [-0.39, 0.29) is 12.1 Å². The SMILES string of the molecule is CCc1nc(I)c2n1CCN(C(=O)OC(C)(C)C)[C@H]2CCc1ccc(C(F)(F)F)cc1. The Morgan fingerprint density at radius 1 is 1.19 bits per heavy atom. The monoisotopic (exact) mass is 549 g/mol. The second-order valence-corrected chi connectivity index (χ2v) is 9.65. The number of aromatic nitrogens is 2. The van der Waals surface area contributed by atoms with E-state index in [1.165, 1.54) is 12.1 Å². The van der Waals surface area contributed by atoms with Crippen LogP contribution >= 0.6 is 22.6 Å². The third-order valence-electron chi connectivity index (χ3n) is 5.23. The fraction of sp³-hybridized carbons (Fsp3) is 0.545. The van der Waals surface area contributed by atoms with Crippen LogP contribution in [0.2, 0.25) is 0 Å². The number of carbonyl (C=O) groups excluding carboxylic acids is 1. The summed E-state index contributed by atoms with van der Waals surface area (Å²) in [5.74, 6) is 0.975. The van der Waals surface area contributed by atoms with Gasteiger partial charge in [-0.25, -0.2) is 9.78 Å². The van der Waals surface area contributed by atoms with Gasteiger partial charge in [0, 0.05) is 19.5 Å². The Bertz CT molecular complexity index is 933. The summed E-state index contributed by atoms with van der Waals surface area (Å²) in [6, 6.07) is 4.95. The molecule has 1 aliphatic rings. The van der Waals surface area contributed by atoms with E-state index in [0.717, 1.165) is 39.3 Å². The van der Waals surface area contributed by atoms with Gasteiger partial charge in [-0.1, -0.05) is 19.1 Å². The Balaban J connectivity index is 1.87. The lowest BCUT2D eigenvalue weighted by atomic mass is 9.99. The van der Waals surface area contributed by atoms with Crippen molar-refractivity contribution >= 4 is 28.7 Å². The number of hydrogen-bond donors (Lipinski definition) is 0. The van der Waals surface area contributed by atoms with Gasteiger partial charge in [-0.2, -0.15) is 13.2 Å². The van der Waals surface area contributed by atoms with Gasteiger partial charge >= 0.3 is 12.3 Å². The van der Waals surface area contributed by atoms with Gasteiger partial charge in [0.1, 0.15) is 15.1 Å². The normalized spacial score (nSPS) is 16.9. The minimum absolute atomic E-state index is 0.259. The molecule has 0 N–H and O–H groups in total. The molecule has 31 heavy (non-hydrogen) atoms. The van der Waals surface area contributed by atoms with Crippen LogP contribution in [-0.2, 0) is 30.3 Å². The molecule has 1 aromatic carbocycles. The van der Waals surface area contributed by atoms with Crippen LogP contribution < -0.4 is 0 Å².